The summed E-state index contributed by atoms with van der Waals surface area (Å²) in [4.78, 5) is 40.3. The van der Waals surface area contributed by atoms with Crippen LogP contribution < -0.4 is 16.6 Å². The van der Waals surface area contributed by atoms with Gasteiger partial charge in [-0.2, -0.15) is 5.10 Å². The quantitative estimate of drug-likeness (QED) is 0.681. The fourth-order valence-corrected chi connectivity index (χ4v) is 3.25. The maximum Gasteiger partial charge on any atom is 0.278 e. The molecule has 134 valence electrons. The molecule has 0 aliphatic heterocycles. The summed E-state index contributed by atoms with van der Waals surface area (Å²) in [5, 5.41) is 9.82. The zero-order valence-electron chi connectivity index (χ0n) is 14.1. The van der Waals surface area contributed by atoms with Gasteiger partial charge < -0.3 is 5.73 Å². The fourth-order valence-electron chi connectivity index (χ4n) is 2.55. The number of anilines is 1. The second kappa shape index (κ2) is 7.44. The third kappa shape index (κ3) is 3.62. The molecule has 3 rings (SSSR count). The number of carbonyl (C=O) groups is 2. The average Bonchev–Trinajstić information content (AvgIpc) is 3.03. The highest BCUT2D eigenvalue weighted by Gasteiger charge is 2.18. The average molecular weight is 371 g/mol. The number of fused-ring (bicyclic) bond motifs is 1. The number of aryl methyl sites for hydroxylation is 1. The van der Waals surface area contributed by atoms with E-state index in [1.165, 1.54) is 16.0 Å². The molecule has 0 bridgehead atoms. The van der Waals surface area contributed by atoms with E-state index in [4.69, 9.17) is 5.73 Å². The minimum absolute atomic E-state index is 0.00886. The molecular formula is C17H17N5O3S. The number of amides is 2. The number of thiazole rings is 1. The summed E-state index contributed by atoms with van der Waals surface area (Å²) in [6, 6.07) is 6.86. The van der Waals surface area contributed by atoms with Gasteiger partial charge in [0.2, 0.25) is 5.91 Å². The summed E-state index contributed by atoms with van der Waals surface area (Å²) in [5.41, 5.74) is 5.56. The van der Waals surface area contributed by atoms with Gasteiger partial charge in [-0.3, -0.25) is 19.7 Å². The van der Waals surface area contributed by atoms with Gasteiger partial charge >= 0.3 is 0 Å². The molecule has 0 unspecified atom stereocenters. The van der Waals surface area contributed by atoms with E-state index in [0.717, 1.165) is 6.42 Å². The van der Waals surface area contributed by atoms with Crippen molar-refractivity contribution in [1.82, 2.24) is 14.8 Å². The molecule has 2 amide bonds. The Hall–Kier alpha value is -3.07. The van der Waals surface area contributed by atoms with Gasteiger partial charge in [-0.1, -0.05) is 25.1 Å². The number of hydrogen-bond acceptors (Lipinski definition) is 6. The van der Waals surface area contributed by atoms with Crippen molar-refractivity contribution in [3.8, 4) is 0 Å². The Kier molecular flexibility index (Phi) is 5.08. The number of benzene rings is 1. The number of carbonyl (C=O) groups excluding carboxylic acids is 2. The van der Waals surface area contributed by atoms with Gasteiger partial charge in [-0.05, 0) is 12.5 Å². The molecule has 0 spiro atoms. The maximum atomic E-state index is 12.7. The highest BCUT2D eigenvalue weighted by molar-refractivity contribution is 7.14. The van der Waals surface area contributed by atoms with E-state index in [2.05, 4.69) is 15.4 Å². The number of nitrogens with zero attached hydrogens (tertiary/aromatic N) is 3. The van der Waals surface area contributed by atoms with Gasteiger partial charge in [0.1, 0.15) is 0 Å². The molecule has 0 fully saturated rings. The molecule has 1 aromatic carbocycles. The molecule has 0 saturated heterocycles. The van der Waals surface area contributed by atoms with Crippen LogP contribution in [0.5, 0.6) is 0 Å². The molecule has 0 saturated carbocycles. The highest BCUT2D eigenvalue weighted by atomic mass is 32.1. The summed E-state index contributed by atoms with van der Waals surface area (Å²) >= 11 is 1.19. The first-order chi connectivity index (χ1) is 12.5. The lowest BCUT2D eigenvalue weighted by molar-refractivity contribution is -0.117. The number of nitrogens with two attached hydrogens (primary N) is 1. The van der Waals surface area contributed by atoms with Crippen LogP contribution in [-0.2, 0) is 17.8 Å². The van der Waals surface area contributed by atoms with Crippen molar-refractivity contribution in [3.63, 3.8) is 0 Å². The molecule has 8 nitrogen and oxygen atoms in total. The summed E-state index contributed by atoms with van der Waals surface area (Å²) in [5.74, 6) is -0.960. The molecule has 3 N–H and O–H groups in total. The van der Waals surface area contributed by atoms with Crippen LogP contribution in [-0.4, -0.2) is 26.6 Å². The SMILES string of the molecule is CCCn1nc(C(=O)Nc2nc(CC(N)=O)cs2)c2ccccc2c1=O. The number of nitrogens with one attached hydrogen (secondary N) is 1. The van der Waals surface area contributed by atoms with Crippen molar-refractivity contribution in [2.75, 3.05) is 5.32 Å². The lowest BCUT2D eigenvalue weighted by Gasteiger charge is -2.09. The topological polar surface area (TPSA) is 120 Å². The van der Waals surface area contributed by atoms with Crippen molar-refractivity contribution in [3.05, 3.63) is 51.4 Å². The van der Waals surface area contributed by atoms with Crippen LogP contribution in [0.25, 0.3) is 10.8 Å². The monoisotopic (exact) mass is 371 g/mol. The van der Waals surface area contributed by atoms with Gasteiger partial charge in [0.05, 0.1) is 17.5 Å². The molecule has 2 aromatic heterocycles. The van der Waals surface area contributed by atoms with Crippen molar-refractivity contribution in [2.24, 2.45) is 5.73 Å². The largest absolute Gasteiger partial charge is 0.369 e. The van der Waals surface area contributed by atoms with Crippen molar-refractivity contribution in [2.45, 2.75) is 26.3 Å². The van der Waals surface area contributed by atoms with Crippen LogP contribution >= 0.6 is 11.3 Å². The summed E-state index contributed by atoms with van der Waals surface area (Å²) in [7, 11) is 0. The Balaban J connectivity index is 1.97. The Labute approximate surface area is 152 Å². The maximum absolute atomic E-state index is 12.7. The Morgan fingerprint density at radius 1 is 1.27 bits per heavy atom. The Morgan fingerprint density at radius 2 is 2.00 bits per heavy atom. The normalized spacial score (nSPS) is 10.8. The zero-order chi connectivity index (χ0) is 18.7. The third-order valence-electron chi connectivity index (χ3n) is 3.65. The zero-order valence-corrected chi connectivity index (χ0v) is 14.9. The summed E-state index contributed by atoms with van der Waals surface area (Å²) in [6.45, 7) is 2.35. The minimum Gasteiger partial charge on any atom is -0.369 e. The molecule has 26 heavy (non-hydrogen) atoms. The number of aromatic nitrogens is 3. The van der Waals surface area contributed by atoms with Crippen molar-refractivity contribution in [1.29, 1.82) is 0 Å². The van der Waals surface area contributed by atoms with Crippen LogP contribution in [0.3, 0.4) is 0 Å². The number of primary amides is 1. The predicted molar refractivity (Wildman–Crippen MR) is 99.3 cm³/mol. The van der Waals surface area contributed by atoms with Gasteiger partial charge in [-0.25, -0.2) is 9.67 Å². The van der Waals surface area contributed by atoms with E-state index in [-0.39, 0.29) is 17.7 Å². The molecule has 3 aromatic rings. The lowest BCUT2D eigenvalue weighted by atomic mass is 10.1. The van der Waals surface area contributed by atoms with Crippen molar-refractivity contribution >= 4 is 39.1 Å². The highest BCUT2D eigenvalue weighted by Crippen LogP contribution is 2.19. The van der Waals surface area contributed by atoms with E-state index in [0.29, 0.717) is 28.1 Å². The van der Waals surface area contributed by atoms with Gasteiger partial charge in [0.25, 0.3) is 11.5 Å². The molecule has 2 heterocycles. The fraction of sp³-hybridized carbons (Fsp3) is 0.235. The smallest absolute Gasteiger partial charge is 0.278 e. The van der Waals surface area contributed by atoms with Crippen molar-refractivity contribution < 1.29 is 9.59 Å². The summed E-state index contributed by atoms with van der Waals surface area (Å²) in [6.07, 6.45) is 0.726. The number of hydrogen-bond donors (Lipinski definition) is 2. The van der Waals surface area contributed by atoms with Gasteiger partial charge in [-0.15, -0.1) is 11.3 Å². The second-order valence-electron chi connectivity index (χ2n) is 5.66. The van der Waals surface area contributed by atoms with Crippen LogP contribution in [0.4, 0.5) is 5.13 Å². The van der Waals surface area contributed by atoms with Crippen LogP contribution in [0, 0.1) is 0 Å². The third-order valence-corrected chi connectivity index (χ3v) is 4.45. The lowest BCUT2D eigenvalue weighted by Crippen LogP contribution is -2.27. The number of rotatable bonds is 6. The van der Waals surface area contributed by atoms with Gasteiger partial charge in [0.15, 0.2) is 10.8 Å². The standard InChI is InChI=1S/C17H17N5O3S/c1-2-7-22-16(25)12-6-4-3-5-11(12)14(21-22)15(24)20-17-19-10(9-26-17)8-13(18)23/h3-6,9H,2,7-8H2,1H3,(H2,18,23)(H,19,20,24). The van der Waals surface area contributed by atoms with E-state index >= 15 is 0 Å². The molecule has 0 atom stereocenters. The molecule has 0 aliphatic carbocycles. The summed E-state index contributed by atoms with van der Waals surface area (Å²) < 4.78 is 1.30. The van der Waals surface area contributed by atoms with Gasteiger partial charge in [0, 0.05) is 17.3 Å². The van der Waals surface area contributed by atoms with E-state index in [9.17, 15) is 14.4 Å². The molecule has 9 heteroatoms. The van der Waals surface area contributed by atoms with E-state index in [1.54, 1.807) is 29.6 Å². The van der Waals surface area contributed by atoms with Crippen LogP contribution in [0.1, 0.15) is 29.5 Å². The molecular weight excluding hydrogens is 354 g/mol. The van der Waals surface area contributed by atoms with Crippen LogP contribution in [0.15, 0.2) is 34.4 Å². The predicted octanol–water partition coefficient (Wildman–Crippen LogP) is 1.54. The van der Waals surface area contributed by atoms with E-state index < -0.39 is 11.8 Å². The molecule has 0 aliphatic rings. The minimum atomic E-state index is -0.493. The second-order valence-corrected chi connectivity index (χ2v) is 6.52. The first kappa shape index (κ1) is 17.7. The Bertz CT molecular complexity index is 1040. The van der Waals surface area contributed by atoms with E-state index in [1.807, 2.05) is 6.92 Å². The first-order valence-corrected chi connectivity index (χ1v) is 8.91. The van der Waals surface area contributed by atoms with Crippen LogP contribution in [0.2, 0.25) is 0 Å². The molecule has 0 radical (unpaired) electrons. The Morgan fingerprint density at radius 3 is 2.69 bits per heavy atom. The first-order valence-electron chi connectivity index (χ1n) is 8.03.